The Morgan fingerprint density at radius 1 is 1.14 bits per heavy atom. The number of benzene rings is 1. The Balaban J connectivity index is 0.000000291. The second-order valence-corrected chi connectivity index (χ2v) is 8.60. The summed E-state index contributed by atoms with van der Waals surface area (Å²) in [4.78, 5) is 28.2. The molecule has 4 rings (SSSR count). The normalized spacial score (nSPS) is 20.2. The number of hydrogen-bond acceptors (Lipinski definition) is 6. The number of hydrogen-bond donors (Lipinski definition) is 3. The average molecular weight is 503 g/mol. The molecule has 0 spiro atoms. The summed E-state index contributed by atoms with van der Waals surface area (Å²) in [5.41, 5.74) is 0.813. The van der Waals surface area contributed by atoms with Crippen molar-refractivity contribution in [3.8, 4) is 5.75 Å². The smallest absolute Gasteiger partial charge is 0.269 e. The van der Waals surface area contributed by atoms with E-state index in [4.69, 9.17) is 9.47 Å². The lowest BCUT2D eigenvalue weighted by Crippen LogP contribution is -2.31. The van der Waals surface area contributed by atoms with Crippen molar-refractivity contribution >= 4 is 17.5 Å². The molecule has 3 atom stereocenters. The van der Waals surface area contributed by atoms with Crippen LogP contribution in [0.15, 0.2) is 42.6 Å². The molecule has 3 unspecified atom stereocenters. The molecular formula is C27H39FN4O4. The Morgan fingerprint density at radius 3 is 2.50 bits per heavy atom. The Hall–Kier alpha value is -3.04. The number of aromatic nitrogens is 1. The Labute approximate surface area is 213 Å². The van der Waals surface area contributed by atoms with Crippen LogP contribution in [-0.4, -0.2) is 55.2 Å². The SMILES string of the molecule is CC.CNCCNC(=O)c1cc(NC(=O)C2CC(C)C(C)O2)ccn1.Fc1cccc(OC2CC2)c1. The minimum absolute atomic E-state index is 0.0803. The molecule has 1 saturated carbocycles. The summed E-state index contributed by atoms with van der Waals surface area (Å²) in [5, 5.41) is 8.48. The van der Waals surface area contributed by atoms with E-state index in [1.54, 1.807) is 24.3 Å². The fourth-order valence-electron chi connectivity index (χ4n) is 3.31. The summed E-state index contributed by atoms with van der Waals surface area (Å²) < 4.78 is 23.6. The van der Waals surface area contributed by atoms with Crippen LogP contribution in [-0.2, 0) is 9.53 Å². The number of pyridine rings is 1. The number of nitrogens with zero attached hydrogens (tertiary/aromatic N) is 1. The van der Waals surface area contributed by atoms with Gasteiger partial charge < -0.3 is 25.4 Å². The van der Waals surface area contributed by atoms with Crippen molar-refractivity contribution in [3.63, 3.8) is 0 Å². The van der Waals surface area contributed by atoms with Crippen molar-refractivity contribution < 1.29 is 23.5 Å². The predicted molar refractivity (Wildman–Crippen MR) is 139 cm³/mol. The molecule has 2 heterocycles. The van der Waals surface area contributed by atoms with Crippen LogP contribution in [0.5, 0.6) is 5.75 Å². The van der Waals surface area contributed by atoms with Crippen molar-refractivity contribution in [1.82, 2.24) is 15.6 Å². The molecule has 0 radical (unpaired) electrons. The van der Waals surface area contributed by atoms with E-state index in [-0.39, 0.29) is 29.4 Å². The standard InChI is InChI=1S/C16H24N4O3.C9H9FO.C2H6/c1-10-8-14(23-11(10)2)16(22)20-12-4-5-18-13(9-12)15(21)19-7-6-17-3;10-7-2-1-3-9(6-7)11-8-4-5-8;1-2/h4-5,9-11,14,17H,6-8H2,1-3H3,(H,19,21)(H,18,20,22);1-3,6,8H,4-5H2;1-2H3. The van der Waals surface area contributed by atoms with Gasteiger partial charge in [0.15, 0.2) is 0 Å². The van der Waals surface area contributed by atoms with E-state index in [0.29, 0.717) is 43.0 Å². The molecule has 1 saturated heterocycles. The van der Waals surface area contributed by atoms with Gasteiger partial charge in [-0.2, -0.15) is 0 Å². The van der Waals surface area contributed by atoms with Gasteiger partial charge in [0.1, 0.15) is 23.4 Å². The van der Waals surface area contributed by atoms with E-state index >= 15 is 0 Å². The van der Waals surface area contributed by atoms with Crippen molar-refractivity contribution in [2.75, 3.05) is 25.5 Å². The topological polar surface area (TPSA) is 102 Å². The fraction of sp³-hybridized carbons (Fsp3) is 0.519. The van der Waals surface area contributed by atoms with Crippen molar-refractivity contribution in [2.24, 2.45) is 5.92 Å². The maximum absolute atomic E-state index is 12.6. The zero-order chi connectivity index (χ0) is 26.5. The molecule has 9 heteroatoms. The first-order chi connectivity index (χ1) is 17.4. The van der Waals surface area contributed by atoms with Crippen molar-refractivity contribution in [3.05, 3.63) is 54.1 Å². The number of ether oxygens (including phenoxy) is 2. The molecule has 198 valence electrons. The summed E-state index contributed by atoms with van der Waals surface area (Å²) in [5.74, 6) is 0.317. The average Bonchev–Trinajstić information content (AvgIpc) is 3.62. The maximum Gasteiger partial charge on any atom is 0.269 e. The Kier molecular flexibility index (Phi) is 12.3. The van der Waals surface area contributed by atoms with Gasteiger partial charge in [0, 0.05) is 31.0 Å². The number of likely N-dealkylation sites (N-methyl/N-ethyl adjacent to an activating group) is 1. The third kappa shape index (κ3) is 9.91. The molecule has 2 aromatic rings. The molecule has 8 nitrogen and oxygen atoms in total. The molecule has 3 N–H and O–H groups in total. The molecule has 1 aliphatic heterocycles. The summed E-state index contributed by atoms with van der Waals surface area (Å²) in [7, 11) is 1.81. The van der Waals surface area contributed by atoms with Crippen LogP contribution in [0.4, 0.5) is 10.1 Å². The summed E-state index contributed by atoms with van der Waals surface area (Å²) >= 11 is 0. The number of carbonyl (C=O) groups is 2. The van der Waals surface area contributed by atoms with Gasteiger partial charge in [0.2, 0.25) is 0 Å². The Morgan fingerprint density at radius 2 is 1.89 bits per heavy atom. The lowest BCUT2D eigenvalue weighted by Gasteiger charge is -2.12. The third-order valence-electron chi connectivity index (χ3n) is 5.60. The van der Waals surface area contributed by atoms with Crippen LogP contribution < -0.4 is 20.7 Å². The van der Waals surface area contributed by atoms with Crippen LogP contribution in [0, 0.1) is 11.7 Å². The monoisotopic (exact) mass is 502 g/mol. The lowest BCUT2D eigenvalue weighted by molar-refractivity contribution is -0.126. The summed E-state index contributed by atoms with van der Waals surface area (Å²) in [6.07, 6.45) is 4.40. The van der Waals surface area contributed by atoms with Crippen LogP contribution in [0.2, 0.25) is 0 Å². The van der Waals surface area contributed by atoms with E-state index in [1.165, 1.54) is 18.3 Å². The predicted octanol–water partition coefficient (Wildman–Crippen LogP) is 4.18. The summed E-state index contributed by atoms with van der Waals surface area (Å²) in [6.45, 7) is 9.23. The first-order valence-electron chi connectivity index (χ1n) is 12.6. The molecule has 1 aliphatic carbocycles. The molecule has 2 aliphatic rings. The van der Waals surface area contributed by atoms with E-state index in [0.717, 1.165) is 12.8 Å². The number of amides is 2. The molecule has 1 aromatic heterocycles. The number of carbonyl (C=O) groups excluding carboxylic acids is 2. The van der Waals surface area contributed by atoms with Crippen molar-refractivity contribution in [1.29, 1.82) is 0 Å². The molecule has 2 fully saturated rings. The van der Waals surface area contributed by atoms with E-state index in [2.05, 4.69) is 27.9 Å². The number of anilines is 1. The molecule has 0 bridgehead atoms. The van der Waals surface area contributed by atoms with Gasteiger partial charge in [-0.25, -0.2) is 4.39 Å². The van der Waals surface area contributed by atoms with Gasteiger partial charge in [-0.15, -0.1) is 0 Å². The minimum Gasteiger partial charge on any atom is -0.490 e. The second kappa shape index (κ2) is 15.2. The van der Waals surface area contributed by atoms with Gasteiger partial charge in [0.05, 0.1) is 12.2 Å². The van der Waals surface area contributed by atoms with Gasteiger partial charge >= 0.3 is 0 Å². The highest BCUT2D eigenvalue weighted by atomic mass is 19.1. The first kappa shape index (κ1) is 29.2. The van der Waals surface area contributed by atoms with Gasteiger partial charge in [-0.3, -0.25) is 14.6 Å². The van der Waals surface area contributed by atoms with Crippen LogP contribution in [0.3, 0.4) is 0 Å². The van der Waals surface area contributed by atoms with Crippen LogP contribution in [0.1, 0.15) is 57.4 Å². The third-order valence-corrected chi connectivity index (χ3v) is 5.60. The number of rotatable bonds is 8. The van der Waals surface area contributed by atoms with E-state index < -0.39 is 6.10 Å². The minimum atomic E-state index is -0.443. The van der Waals surface area contributed by atoms with Crippen LogP contribution >= 0.6 is 0 Å². The van der Waals surface area contributed by atoms with Gasteiger partial charge in [-0.1, -0.05) is 26.8 Å². The molecular weight excluding hydrogens is 463 g/mol. The maximum atomic E-state index is 12.6. The first-order valence-corrected chi connectivity index (χ1v) is 12.6. The fourth-order valence-corrected chi connectivity index (χ4v) is 3.31. The molecule has 1 aromatic carbocycles. The highest BCUT2D eigenvalue weighted by molar-refractivity contribution is 5.97. The number of nitrogens with one attached hydrogen (secondary N) is 3. The summed E-state index contributed by atoms with van der Waals surface area (Å²) in [6, 6.07) is 9.49. The van der Waals surface area contributed by atoms with Crippen LogP contribution in [0.25, 0.3) is 0 Å². The molecule has 36 heavy (non-hydrogen) atoms. The van der Waals surface area contributed by atoms with Crippen molar-refractivity contribution in [2.45, 2.75) is 65.3 Å². The highest BCUT2D eigenvalue weighted by Crippen LogP contribution is 2.27. The highest BCUT2D eigenvalue weighted by Gasteiger charge is 2.33. The van der Waals surface area contributed by atoms with E-state index in [9.17, 15) is 14.0 Å². The zero-order valence-electron chi connectivity index (χ0n) is 21.8. The Bertz CT molecular complexity index is 960. The molecule has 2 amide bonds. The second-order valence-electron chi connectivity index (χ2n) is 8.60. The van der Waals surface area contributed by atoms with E-state index in [1.807, 2.05) is 27.8 Å². The zero-order valence-corrected chi connectivity index (χ0v) is 21.8. The quantitative estimate of drug-likeness (QED) is 0.468. The van der Waals surface area contributed by atoms with Gasteiger partial charge in [-0.05, 0) is 63.4 Å². The van der Waals surface area contributed by atoms with Gasteiger partial charge in [0.25, 0.3) is 11.8 Å². The number of halogens is 1. The largest absolute Gasteiger partial charge is 0.490 e. The lowest BCUT2D eigenvalue weighted by atomic mass is 10.0.